The Labute approximate surface area is 78.9 Å². The lowest BCUT2D eigenvalue weighted by molar-refractivity contribution is 0.683. The predicted octanol–water partition coefficient (Wildman–Crippen LogP) is 2.55. The largest absolute Gasteiger partial charge is 0.312 e. The molecule has 0 atom stereocenters. The third-order valence-corrected chi connectivity index (χ3v) is 3.63. The molecule has 0 amide bonds. The number of rotatable bonds is 0. The SMILES string of the molecule is Brc1cc2c(s1)CNCCC2. The van der Waals surface area contributed by atoms with E-state index in [0.29, 0.717) is 0 Å². The molecule has 1 nitrogen and oxygen atoms in total. The highest BCUT2D eigenvalue weighted by atomic mass is 79.9. The molecule has 0 saturated heterocycles. The summed E-state index contributed by atoms with van der Waals surface area (Å²) in [6, 6.07) is 2.26. The van der Waals surface area contributed by atoms with Crippen molar-refractivity contribution >= 4 is 27.3 Å². The maximum absolute atomic E-state index is 3.51. The van der Waals surface area contributed by atoms with Crippen LogP contribution in [-0.2, 0) is 13.0 Å². The summed E-state index contributed by atoms with van der Waals surface area (Å²) >= 11 is 5.37. The van der Waals surface area contributed by atoms with E-state index in [4.69, 9.17) is 0 Å². The van der Waals surface area contributed by atoms with Gasteiger partial charge in [0, 0.05) is 11.4 Å². The van der Waals surface area contributed by atoms with Crippen LogP contribution in [0.15, 0.2) is 9.85 Å². The molecule has 2 heterocycles. The van der Waals surface area contributed by atoms with Crippen LogP contribution in [0, 0.1) is 0 Å². The summed E-state index contributed by atoms with van der Waals surface area (Å²) in [4.78, 5) is 1.51. The first-order valence-corrected chi connectivity index (χ1v) is 5.45. The minimum Gasteiger partial charge on any atom is -0.312 e. The Bertz CT molecular complexity index is 233. The topological polar surface area (TPSA) is 12.0 Å². The first-order chi connectivity index (χ1) is 5.36. The zero-order valence-electron chi connectivity index (χ0n) is 6.19. The van der Waals surface area contributed by atoms with Crippen molar-refractivity contribution < 1.29 is 0 Å². The number of thiophene rings is 1. The summed E-state index contributed by atoms with van der Waals surface area (Å²) in [6.07, 6.45) is 2.51. The summed E-state index contributed by atoms with van der Waals surface area (Å²) < 4.78 is 1.27. The van der Waals surface area contributed by atoms with Gasteiger partial charge in [-0.15, -0.1) is 11.3 Å². The summed E-state index contributed by atoms with van der Waals surface area (Å²) in [5.74, 6) is 0. The summed E-state index contributed by atoms with van der Waals surface area (Å²) in [5, 5.41) is 3.41. The van der Waals surface area contributed by atoms with Crippen molar-refractivity contribution in [1.82, 2.24) is 5.32 Å². The van der Waals surface area contributed by atoms with Gasteiger partial charge in [-0.1, -0.05) is 0 Å². The smallest absolute Gasteiger partial charge is 0.0704 e. The van der Waals surface area contributed by atoms with Gasteiger partial charge < -0.3 is 5.32 Å². The van der Waals surface area contributed by atoms with E-state index >= 15 is 0 Å². The molecule has 0 unspecified atom stereocenters. The van der Waals surface area contributed by atoms with Crippen LogP contribution in [0.4, 0.5) is 0 Å². The Morgan fingerprint density at radius 2 is 2.45 bits per heavy atom. The van der Waals surface area contributed by atoms with Crippen molar-refractivity contribution in [3.8, 4) is 0 Å². The highest BCUT2D eigenvalue weighted by Gasteiger charge is 2.09. The standard InChI is InChI=1S/C8H10BrNS/c9-8-4-6-2-1-3-10-5-7(6)11-8/h4,10H,1-3,5H2. The molecule has 0 fully saturated rings. The van der Waals surface area contributed by atoms with Gasteiger partial charge in [0.1, 0.15) is 0 Å². The molecule has 0 aliphatic carbocycles. The quantitative estimate of drug-likeness (QED) is 0.724. The van der Waals surface area contributed by atoms with E-state index in [1.54, 1.807) is 0 Å². The van der Waals surface area contributed by atoms with Crippen LogP contribution in [-0.4, -0.2) is 6.54 Å². The van der Waals surface area contributed by atoms with Crippen LogP contribution >= 0.6 is 27.3 Å². The number of hydrogen-bond acceptors (Lipinski definition) is 2. The summed E-state index contributed by atoms with van der Waals surface area (Å²) in [7, 11) is 0. The Kier molecular flexibility index (Phi) is 2.30. The van der Waals surface area contributed by atoms with Crippen LogP contribution in [0.3, 0.4) is 0 Å². The second kappa shape index (κ2) is 3.25. The van der Waals surface area contributed by atoms with E-state index in [-0.39, 0.29) is 0 Å². The molecule has 0 aromatic carbocycles. The van der Waals surface area contributed by atoms with Crippen LogP contribution in [0.1, 0.15) is 16.9 Å². The molecule has 1 aliphatic rings. The summed E-state index contributed by atoms with van der Waals surface area (Å²) in [5.41, 5.74) is 1.53. The zero-order valence-corrected chi connectivity index (χ0v) is 8.59. The van der Waals surface area contributed by atoms with Crippen molar-refractivity contribution in [2.45, 2.75) is 19.4 Å². The average molecular weight is 232 g/mol. The number of nitrogens with one attached hydrogen (secondary N) is 1. The molecular weight excluding hydrogens is 222 g/mol. The van der Waals surface area contributed by atoms with Crippen molar-refractivity contribution in [3.05, 3.63) is 20.3 Å². The molecule has 0 radical (unpaired) electrons. The first kappa shape index (κ1) is 7.77. The van der Waals surface area contributed by atoms with Crippen LogP contribution < -0.4 is 5.32 Å². The molecule has 0 saturated carbocycles. The molecule has 11 heavy (non-hydrogen) atoms. The van der Waals surface area contributed by atoms with Crippen LogP contribution in [0.5, 0.6) is 0 Å². The van der Waals surface area contributed by atoms with Crippen molar-refractivity contribution in [2.24, 2.45) is 0 Å². The van der Waals surface area contributed by atoms with Gasteiger partial charge in [-0.05, 0) is 46.9 Å². The molecule has 0 bridgehead atoms. The lowest BCUT2D eigenvalue weighted by Crippen LogP contribution is -2.11. The normalized spacial score (nSPS) is 17.5. The number of halogens is 1. The average Bonchev–Trinajstić information content (AvgIpc) is 2.17. The van der Waals surface area contributed by atoms with E-state index in [9.17, 15) is 0 Å². The number of aryl methyl sites for hydroxylation is 1. The fourth-order valence-electron chi connectivity index (χ4n) is 1.40. The van der Waals surface area contributed by atoms with E-state index < -0.39 is 0 Å². The second-order valence-corrected chi connectivity index (χ2v) is 5.30. The van der Waals surface area contributed by atoms with Crippen molar-refractivity contribution in [2.75, 3.05) is 6.54 Å². The van der Waals surface area contributed by atoms with E-state index in [2.05, 4.69) is 27.3 Å². The van der Waals surface area contributed by atoms with Gasteiger partial charge in [-0.2, -0.15) is 0 Å². The van der Waals surface area contributed by atoms with Gasteiger partial charge in [0.15, 0.2) is 0 Å². The van der Waals surface area contributed by atoms with Crippen LogP contribution in [0.25, 0.3) is 0 Å². The number of hydrogen-bond donors (Lipinski definition) is 1. The lowest BCUT2D eigenvalue weighted by Gasteiger charge is -1.94. The van der Waals surface area contributed by atoms with Gasteiger partial charge in [0.05, 0.1) is 3.79 Å². The van der Waals surface area contributed by atoms with Gasteiger partial charge in [0.25, 0.3) is 0 Å². The van der Waals surface area contributed by atoms with Crippen molar-refractivity contribution in [3.63, 3.8) is 0 Å². The van der Waals surface area contributed by atoms with Crippen molar-refractivity contribution in [1.29, 1.82) is 0 Å². The van der Waals surface area contributed by atoms with E-state index in [1.165, 1.54) is 33.6 Å². The van der Waals surface area contributed by atoms with Gasteiger partial charge in [-0.25, -0.2) is 0 Å². The molecule has 1 aromatic heterocycles. The highest BCUT2D eigenvalue weighted by molar-refractivity contribution is 9.11. The second-order valence-electron chi connectivity index (χ2n) is 2.78. The molecule has 2 rings (SSSR count). The Hall–Kier alpha value is 0.140. The number of fused-ring (bicyclic) bond motifs is 1. The van der Waals surface area contributed by atoms with Gasteiger partial charge in [0.2, 0.25) is 0 Å². The molecule has 0 spiro atoms. The molecule has 1 aliphatic heterocycles. The predicted molar refractivity (Wildman–Crippen MR) is 52.0 cm³/mol. The molecule has 1 aromatic rings. The lowest BCUT2D eigenvalue weighted by atomic mass is 10.2. The molecule has 60 valence electrons. The van der Waals surface area contributed by atoms with Gasteiger partial charge >= 0.3 is 0 Å². The molecule has 1 N–H and O–H groups in total. The molecular formula is C8H10BrNS. The third kappa shape index (κ3) is 1.66. The third-order valence-electron chi connectivity index (χ3n) is 1.95. The maximum atomic E-state index is 3.51. The van der Waals surface area contributed by atoms with Gasteiger partial charge in [-0.3, -0.25) is 0 Å². The molecule has 3 heteroatoms. The minimum absolute atomic E-state index is 1.06. The Morgan fingerprint density at radius 3 is 3.36 bits per heavy atom. The van der Waals surface area contributed by atoms with E-state index in [0.717, 1.165) is 6.54 Å². The van der Waals surface area contributed by atoms with Crippen LogP contribution in [0.2, 0.25) is 0 Å². The summed E-state index contributed by atoms with van der Waals surface area (Å²) in [6.45, 7) is 2.23. The van der Waals surface area contributed by atoms with E-state index in [1.807, 2.05) is 11.3 Å². The Balaban J connectivity index is 2.32. The Morgan fingerprint density at radius 1 is 1.55 bits per heavy atom. The highest BCUT2D eigenvalue weighted by Crippen LogP contribution is 2.28. The fourth-order valence-corrected chi connectivity index (χ4v) is 3.16. The minimum atomic E-state index is 1.06. The first-order valence-electron chi connectivity index (χ1n) is 3.84. The zero-order chi connectivity index (χ0) is 7.68. The maximum Gasteiger partial charge on any atom is 0.0704 e. The monoisotopic (exact) mass is 231 g/mol. The fraction of sp³-hybridized carbons (Fsp3) is 0.500.